The lowest BCUT2D eigenvalue weighted by atomic mass is 9.70. The minimum absolute atomic E-state index is 0.170. The molecule has 1 fully saturated rings. The van der Waals surface area contributed by atoms with Crippen LogP contribution in [0, 0.1) is 5.82 Å². The van der Waals surface area contributed by atoms with Crippen LogP contribution in [-0.4, -0.2) is 15.0 Å². The molecule has 11 rings (SSSR count). The molecule has 1 aromatic heterocycles. The fourth-order valence-electron chi connectivity index (χ4n) is 9.95. The number of halogens is 1. The van der Waals surface area contributed by atoms with Crippen LogP contribution < -0.4 is 4.74 Å². The highest BCUT2D eigenvalue weighted by atomic mass is 19.1. The van der Waals surface area contributed by atoms with Crippen molar-refractivity contribution in [2.75, 3.05) is 0 Å². The molecule has 5 heteroatoms. The molecule has 2 aliphatic carbocycles. The van der Waals surface area contributed by atoms with Crippen molar-refractivity contribution in [3.05, 3.63) is 197 Å². The zero-order chi connectivity index (χ0) is 38.7. The molecule has 8 aromatic rings. The maximum Gasteiger partial charge on any atom is 0.178 e. The van der Waals surface area contributed by atoms with Crippen molar-refractivity contribution in [1.29, 1.82) is 0 Å². The van der Waals surface area contributed by atoms with Crippen LogP contribution in [0.25, 0.3) is 62.1 Å². The molecule has 2 heterocycles. The highest BCUT2D eigenvalue weighted by Crippen LogP contribution is 2.61. The Labute approximate surface area is 337 Å². The molecule has 0 N–H and O–H groups in total. The Balaban J connectivity index is 1.08. The van der Waals surface area contributed by atoms with Crippen LogP contribution in [0.1, 0.15) is 66.3 Å². The van der Waals surface area contributed by atoms with Crippen LogP contribution in [0.5, 0.6) is 5.75 Å². The van der Waals surface area contributed by atoms with Gasteiger partial charge in [-0.25, -0.2) is 19.3 Å². The molecule has 1 aliphatic heterocycles. The summed E-state index contributed by atoms with van der Waals surface area (Å²) in [6.07, 6.45) is 11.2. The average Bonchev–Trinajstić information content (AvgIpc) is 3.39. The summed E-state index contributed by atoms with van der Waals surface area (Å²) >= 11 is 0. The fourth-order valence-corrected chi connectivity index (χ4v) is 9.95. The molecule has 4 nitrogen and oxygen atoms in total. The van der Waals surface area contributed by atoms with E-state index in [1.807, 2.05) is 78.9 Å². The summed E-state index contributed by atoms with van der Waals surface area (Å²) in [5.74, 6) is 2.56. The van der Waals surface area contributed by atoms with E-state index in [2.05, 4.69) is 84.9 Å². The molecule has 0 radical (unpaired) electrons. The number of rotatable bonds is 5. The maximum atomic E-state index is 15.2. The van der Waals surface area contributed by atoms with Gasteiger partial charge in [0, 0.05) is 44.2 Å². The van der Waals surface area contributed by atoms with E-state index in [0.29, 0.717) is 17.5 Å². The van der Waals surface area contributed by atoms with E-state index < -0.39 is 5.60 Å². The van der Waals surface area contributed by atoms with Gasteiger partial charge in [-0.15, -0.1) is 0 Å². The Morgan fingerprint density at radius 3 is 1.67 bits per heavy atom. The van der Waals surface area contributed by atoms with Crippen LogP contribution >= 0.6 is 0 Å². The highest BCUT2D eigenvalue weighted by molar-refractivity contribution is 6.08. The fraction of sp³-hybridized carbons (Fsp3) is 0.151. The molecular formula is C53H40FN3O. The quantitative estimate of drug-likeness (QED) is 0.176. The summed E-state index contributed by atoms with van der Waals surface area (Å²) in [7, 11) is 0. The molecule has 0 amide bonds. The Bertz CT molecular complexity index is 2810. The van der Waals surface area contributed by atoms with E-state index in [4.69, 9.17) is 19.7 Å². The smallest absolute Gasteiger partial charge is 0.178 e. The first-order valence-corrected chi connectivity index (χ1v) is 20.4. The second-order valence-corrected chi connectivity index (χ2v) is 15.9. The Morgan fingerprint density at radius 1 is 0.517 bits per heavy atom. The molecule has 0 bridgehead atoms. The molecule has 3 aliphatic rings. The molecule has 1 spiro atoms. The SMILES string of the molecule is Fc1ccc2c(c1)C1(CCCCCC1)c1c3c(c4ccccc4c1-2)OC(c1ccccc1)(c1ccc(-c2nc(-c4ccccc4)nc(-c4ccccc4)n2)cc1)C=C3. The topological polar surface area (TPSA) is 47.9 Å². The van der Waals surface area contributed by atoms with E-state index in [9.17, 15) is 0 Å². The van der Waals surface area contributed by atoms with Gasteiger partial charge in [0.2, 0.25) is 0 Å². The molecule has 1 unspecified atom stereocenters. The molecular weight excluding hydrogens is 714 g/mol. The third kappa shape index (κ3) is 5.44. The van der Waals surface area contributed by atoms with Crippen molar-refractivity contribution in [3.63, 3.8) is 0 Å². The van der Waals surface area contributed by atoms with E-state index in [0.717, 1.165) is 86.7 Å². The van der Waals surface area contributed by atoms with Crippen molar-refractivity contribution in [2.45, 2.75) is 49.5 Å². The van der Waals surface area contributed by atoms with Gasteiger partial charge in [0.1, 0.15) is 11.6 Å². The minimum atomic E-state index is -0.929. The maximum absolute atomic E-state index is 15.2. The zero-order valence-electron chi connectivity index (χ0n) is 32.0. The normalized spacial score (nSPS) is 17.6. The first kappa shape index (κ1) is 34.5. The predicted octanol–water partition coefficient (Wildman–Crippen LogP) is 13.1. The van der Waals surface area contributed by atoms with Crippen molar-refractivity contribution in [3.8, 4) is 51.0 Å². The molecule has 58 heavy (non-hydrogen) atoms. The first-order valence-electron chi connectivity index (χ1n) is 20.4. The van der Waals surface area contributed by atoms with Gasteiger partial charge in [-0.1, -0.05) is 177 Å². The number of aromatic nitrogens is 3. The third-order valence-corrected chi connectivity index (χ3v) is 12.6. The molecule has 1 saturated carbocycles. The van der Waals surface area contributed by atoms with Gasteiger partial charge in [0.25, 0.3) is 0 Å². The minimum Gasteiger partial charge on any atom is -0.472 e. The Kier molecular flexibility index (Phi) is 8.18. The number of hydrogen-bond acceptors (Lipinski definition) is 4. The summed E-state index contributed by atoms with van der Waals surface area (Å²) in [5.41, 5.74) is 9.50. The van der Waals surface area contributed by atoms with E-state index in [1.54, 1.807) is 6.07 Å². The van der Waals surface area contributed by atoms with Crippen LogP contribution in [0.2, 0.25) is 0 Å². The monoisotopic (exact) mass is 753 g/mol. The molecule has 1 atom stereocenters. The summed E-state index contributed by atoms with van der Waals surface area (Å²) < 4.78 is 22.9. The lowest BCUT2D eigenvalue weighted by Crippen LogP contribution is -2.35. The van der Waals surface area contributed by atoms with Gasteiger partial charge in [-0.3, -0.25) is 0 Å². The van der Waals surface area contributed by atoms with E-state index in [-0.39, 0.29) is 11.2 Å². The Hall–Kier alpha value is -6.72. The second kappa shape index (κ2) is 13.7. The lowest BCUT2D eigenvalue weighted by molar-refractivity contribution is 0.163. The van der Waals surface area contributed by atoms with Crippen molar-refractivity contribution in [1.82, 2.24) is 15.0 Å². The molecule has 7 aromatic carbocycles. The third-order valence-electron chi connectivity index (χ3n) is 12.6. The lowest BCUT2D eigenvalue weighted by Gasteiger charge is -2.39. The van der Waals surface area contributed by atoms with Crippen LogP contribution in [0.3, 0.4) is 0 Å². The molecule has 0 saturated heterocycles. The van der Waals surface area contributed by atoms with Crippen LogP contribution in [-0.2, 0) is 11.0 Å². The summed E-state index contributed by atoms with van der Waals surface area (Å²) in [5, 5.41) is 2.21. The number of hydrogen-bond donors (Lipinski definition) is 0. The van der Waals surface area contributed by atoms with Gasteiger partial charge in [-0.05, 0) is 58.7 Å². The summed E-state index contributed by atoms with van der Waals surface area (Å²) in [6.45, 7) is 0. The average molecular weight is 754 g/mol. The first-order chi connectivity index (χ1) is 28.6. The van der Waals surface area contributed by atoms with Crippen molar-refractivity contribution >= 4 is 16.8 Å². The number of nitrogens with zero attached hydrogens (tertiary/aromatic N) is 3. The van der Waals surface area contributed by atoms with Gasteiger partial charge in [-0.2, -0.15) is 0 Å². The predicted molar refractivity (Wildman–Crippen MR) is 231 cm³/mol. The van der Waals surface area contributed by atoms with Crippen molar-refractivity contribution < 1.29 is 9.13 Å². The molecule has 280 valence electrons. The van der Waals surface area contributed by atoms with Crippen LogP contribution in [0.4, 0.5) is 4.39 Å². The summed E-state index contributed by atoms with van der Waals surface area (Å²) in [6, 6.07) is 53.2. The zero-order valence-corrected chi connectivity index (χ0v) is 32.0. The standard InChI is InChI=1S/C53H40FN3O/c54-40-28-29-43-45(34-40)52(31-14-1-2-15-32-52)47-44-30-33-53(38-20-10-5-11-21-38,58-48(44)42-23-13-12-22-41(42)46(43)47)39-26-24-37(25-27-39)51-56-49(35-16-6-3-7-17-35)55-50(57-51)36-18-8-4-9-19-36/h3-13,16-30,33-34H,1-2,14-15,31-32H2. The van der Waals surface area contributed by atoms with Gasteiger partial charge < -0.3 is 4.74 Å². The van der Waals surface area contributed by atoms with E-state index >= 15 is 4.39 Å². The highest BCUT2D eigenvalue weighted by Gasteiger charge is 2.48. The van der Waals surface area contributed by atoms with Gasteiger partial charge in [0.15, 0.2) is 23.1 Å². The number of benzene rings is 7. The number of fused-ring (bicyclic) bond motifs is 10. The summed E-state index contributed by atoms with van der Waals surface area (Å²) in [4.78, 5) is 14.9. The number of ether oxygens (including phenoxy) is 1. The van der Waals surface area contributed by atoms with Crippen molar-refractivity contribution in [2.24, 2.45) is 0 Å². The second-order valence-electron chi connectivity index (χ2n) is 15.9. The Morgan fingerprint density at radius 2 is 1.05 bits per heavy atom. The van der Waals surface area contributed by atoms with E-state index in [1.165, 1.54) is 24.0 Å². The van der Waals surface area contributed by atoms with Gasteiger partial charge in [0.05, 0.1) is 0 Å². The largest absolute Gasteiger partial charge is 0.472 e. The van der Waals surface area contributed by atoms with Crippen LogP contribution in [0.15, 0.2) is 164 Å². The van der Waals surface area contributed by atoms with Gasteiger partial charge >= 0.3 is 0 Å².